The van der Waals surface area contributed by atoms with Crippen molar-refractivity contribution in [1.82, 2.24) is 5.32 Å². The first-order chi connectivity index (χ1) is 35.9. The van der Waals surface area contributed by atoms with Gasteiger partial charge < -0.3 is 19.4 Å². The molecule has 2 N–H and O–H groups in total. The van der Waals surface area contributed by atoms with E-state index in [2.05, 4.69) is 111 Å². The zero-order chi connectivity index (χ0) is 54.3. The molecule has 0 heterocycles. The van der Waals surface area contributed by atoms with Gasteiger partial charge in [0.15, 0.2) is 0 Å². The molecule has 0 rings (SSSR count). The van der Waals surface area contributed by atoms with E-state index in [0.29, 0.717) is 17.4 Å². The first-order valence-corrected chi connectivity index (χ1v) is 31.6. The second-order valence-corrected chi connectivity index (χ2v) is 22.6. The Morgan fingerprint density at radius 3 is 1.35 bits per heavy atom. The first-order valence-electron chi connectivity index (χ1n) is 30.1. The SMILES string of the molecule is CC/C=C\C/C=C\C/C=C\C/C=C\C/C=C\CCCC(=O)NC(COP(=O)(O)OCC[N+](C)(C)C)C(/C=C/CCCCCCCCCCCC)OC(=O)CCCCCCCCCCC/C=C\C/C=C\CCCCC. The van der Waals surface area contributed by atoms with E-state index in [1.54, 1.807) is 0 Å². The highest BCUT2D eigenvalue weighted by Gasteiger charge is 2.30. The van der Waals surface area contributed by atoms with Crippen LogP contribution < -0.4 is 5.32 Å². The molecule has 0 aliphatic rings. The lowest BCUT2D eigenvalue weighted by molar-refractivity contribution is -0.870. The van der Waals surface area contributed by atoms with Crippen LogP contribution in [0.15, 0.2) is 97.2 Å². The summed E-state index contributed by atoms with van der Waals surface area (Å²) in [5, 5.41) is 3.01. The van der Waals surface area contributed by atoms with Gasteiger partial charge in [-0.25, -0.2) is 4.57 Å². The second kappa shape index (κ2) is 53.3. The molecule has 426 valence electrons. The maximum Gasteiger partial charge on any atom is 0.472 e. The number of hydrogen-bond acceptors (Lipinski definition) is 6. The maximum absolute atomic E-state index is 13.5. The summed E-state index contributed by atoms with van der Waals surface area (Å²) in [4.78, 5) is 37.6. The van der Waals surface area contributed by atoms with Crippen LogP contribution in [0.25, 0.3) is 0 Å². The number of amides is 1. The fraction of sp³-hybridized carbons (Fsp3) is 0.719. The topological polar surface area (TPSA) is 111 Å². The molecule has 0 fully saturated rings. The summed E-state index contributed by atoms with van der Waals surface area (Å²) < 4.78 is 30.6. The zero-order valence-electron chi connectivity index (χ0n) is 48.6. The molecule has 0 aliphatic carbocycles. The fourth-order valence-electron chi connectivity index (χ4n) is 8.12. The monoisotopic (exact) mass is 1050 g/mol. The van der Waals surface area contributed by atoms with Gasteiger partial charge in [-0.1, -0.05) is 227 Å². The van der Waals surface area contributed by atoms with Gasteiger partial charge in [0.2, 0.25) is 5.91 Å². The van der Waals surface area contributed by atoms with E-state index in [0.717, 1.165) is 96.3 Å². The average Bonchev–Trinajstić information content (AvgIpc) is 3.36. The van der Waals surface area contributed by atoms with Gasteiger partial charge in [-0.15, -0.1) is 0 Å². The molecule has 1 amide bonds. The molecule has 3 atom stereocenters. The van der Waals surface area contributed by atoms with E-state index in [1.165, 1.54) is 109 Å². The number of carbonyl (C=O) groups excluding carboxylic acids is 2. The third-order valence-electron chi connectivity index (χ3n) is 12.8. The summed E-state index contributed by atoms with van der Waals surface area (Å²) in [6.07, 6.45) is 71.2. The molecule has 0 aromatic heterocycles. The number of phosphoric acid groups is 1. The molecule has 0 radical (unpaired) electrons. The molecule has 9 nitrogen and oxygen atoms in total. The maximum atomic E-state index is 13.5. The van der Waals surface area contributed by atoms with Crippen molar-refractivity contribution in [1.29, 1.82) is 0 Å². The molecule has 0 saturated heterocycles. The van der Waals surface area contributed by atoms with E-state index in [4.69, 9.17) is 13.8 Å². The van der Waals surface area contributed by atoms with Gasteiger partial charge in [-0.2, -0.15) is 0 Å². The number of allylic oxidation sites excluding steroid dienone is 15. The highest BCUT2D eigenvalue weighted by molar-refractivity contribution is 7.47. The predicted molar refractivity (Wildman–Crippen MR) is 318 cm³/mol. The molecule has 3 unspecified atom stereocenters. The minimum atomic E-state index is -4.47. The highest BCUT2D eigenvalue weighted by Crippen LogP contribution is 2.43. The summed E-state index contributed by atoms with van der Waals surface area (Å²) in [6.45, 7) is 6.82. The van der Waals surface area contributed by atoms with Gasteiger partial charge >= 0.3 is 13.8 Å². The summed E-state index contributed by atoms with van der Waals surface area (Å²) in [7, 11) is 1.45. The molecule has 0 saturated carbocycles. The second-order valence-electron chi connectivity index (χ2n) is 21.1. The van der Waals surface area contributed by atoms with Crippen molar-refractivity contribution < 1.29 is 37.3 Å². The molecular formula is C64H114N2O7P+. The van der Waals surface area contributed by atoms with Crippen molar-refractivity contribution in [3.05, 3.63) is 97.2 Å². The number of quaternary nitrogens is 1. The van der Waals surface area contributed by atoms with E-state index in [9.17, 15) is 19.0 Å². The Morgan fingerprint density at radius 1 is 0.486 bits per heavy atom. The minimum Gasteiger partial charge on any atom is -0.456 e. The van der Waals surface area contributed by atoms with Crippen LogP contribution in [0.1, 0.15) is 245 Å². The van der Waals surface area contributed by atoms with Crippen LogP contribution in [0.5, 0.6) is 0 Å². The van der Waals surface area contributed by atoms with Gasteiger partial charge in [0, 0.05) is 12.8 Å². The van der Waals surface area contributed by atoms with Crippen LogP contribution in [0.3, 0.4) is 0 Å². The largest absolute Gasteiger partial charge is 0.472 e. The number of rotatable bonds is 53. The predicted octanol–water partition coefficient (Wildman–Crippen LogP) is 18.4. The zero-order valence-corrected chi connectivity index (χ0v) is 49.4. The molecular weight excluding hydrogens is 940 g/mol. The van der Waals surface area contributed by atoms with Crippen molar-refractivity contribution in [2.75, 3.05) is 40.9 Å². The lowest BCUT2D eigenvalue weighted by atomic mass is 10.0. The standard InChI is InChI=1S/C64H113N2O7P/c1-7-10-13-16-19-22-25-28-30-32-33-35-37-39-42-45-48-51-54-57-64(68)73-62(55-52-49-46-43-40-27-24-21-18-15-12-9-3)61(60-72-74(69,70)71-59-58-66(4,5)6)65-63(67)56-53-50-47-44-41-38-36-34-31-29-26-23-20-17-14-11-8-2/h11,14,19-20,22-23,28-31,36,38,44,47,52,55,61-62H,7-10,12-13,15-18,21,24-27,32-35,37,39-43,45-46,48-51,53-54,56-60H2,1-6H3,(H-,65,67,69,70)/p+1/b14-11-,22-19-,23-20-,30-28-,31-29-,38-36-,47-44-,55-52+. The number of hydrogen-bond donors (Lipinski definition) is 2. The molecule has 0 spiro atoms. The van der Waals surface area contributed by atoms with Crippen molar-refractivity contribution >= 4 is 19.7 Å². The minimum absolute atomic E-state index is 0.0247. The number of likely N-dealkylation sites (N-methyl/N-ethyl adjacent to an activating group) is 1. The van der Waals surface area contributed by atoms with Crippen LogP contribution in [0, 0.1) is 0 Å². The summed E-state index contributed by atoms with van der Waals surface area (Å²) in [5.41, 5.74) is 0. The lowest BCUT2D eigenvalue weighted by Gasteiger charge is -2.27. The summed E-state index contributed by atoms with van der Waals surface area (Å²) >= 11 is 0. The number of esters is 1. The molecule has 0 aromatic carbocycles. The Balaban J connectivity index is 5.38. The highest BCUT2D eigenvalue weighted by atomic mass is 31.2. The first kappa shape index (κ1) is 70.9. The van der Waals surface area contributed by atoms with Crippen LogP contribution in [-0.2, 0) is 27.9 Å². The lowest BCUT2D eigenvalue weighted by Crippen LogP contribution is -2.47. The normalized spacial score (nSPS) is 14.4. The molecule has 0 bridgehead atoms. The number of ether oxygens (including phenoxy) is 1. The average molecular weight is 1050 g/mol. The van der Waals surface area contributed by atoms with Gasteiger partial charge in [0.25, 0.3) is 0 Å². The van der Waals surface area contributed by atoms with E-state index in [-0.39, 0.29) is 37.9 Å². The Morgan fingerprint density at radius 2 is 0.878 bits per heavy atom. The summed E-state index contributed by atoms with van der Waals surface area (Å²) in [6, 6.07) is -0.884. The van der Waals surface area contributed by atoms with Gasteiger partial charge in [-0.3, -0.25) is 18.6 Å². The number of phosphoric ester groups is 1. The smallest absolute Gasteiger partial charge is 0.456 e. The van der Waals surface area contributed by atoms with E-state index in [1.807, 2.05) is 33.3 Å². The fourth-order valence-corrected chi connectivity index (χ4v) is 8.86. The van der Waals surface area contributed by atoms with Crippen molar-refractivity contribution in [3.8, 4) is 0 Å². The molecule has 0 aliphatic heterocycles. The number of nitrogens with zero attached hydrogens (tertiary/aromatic N) is 1. The summed E-state index contributed by atoms with van der Waals surface area (Å²) in [5.74, 6) is -0.582. The third kappa shape index (κ3) is 53.7. The van der Waals surface area contributed by atoms with Crippen LogP contribution in [-0.4, -0.2) is 74.3 Å². The Kier molecular flexibility index (Phi) is 51.1. The molecule has 0 aromatic rings. The Labute approximate surface area is 456 Å². The van der Waals surface area contributed by atoms with E-state index >= 15 is 0 Å². The number of carbonyl (C=O) groups is 2. The number of nitrogens with one attached hydrogen (secondary N) is 1. The van der Waals surface area contributed by atoms with Crippen LogP contribution in [0.2, 0.25) is 0 Å². The van der Waals surface area contributed by atoms with Gasteiger partial charge in [0.1, 0.15) is 19.3 Å². The van der Waals surface area contributed by atoms with Crippen molar-refractivity contribution in [2.45, 2.75) is 258 Å². The van der Waals surface area contributed by atoms with Crippen molar-refractivity contribution in [2.24, 2.45) is 0 Å². The van der Waals surface area contributed by atoms with Crippen LogP contribution >= 0.6 is 7.82 Å². The molecule has 74 heavy (non-hydrogen) atoms. The number of unbranched alkanes of at least 4 members (excludes halogenated alkanes) is 23. The Bertz CT molecular complexity index is 1590. The quantitative estimate of drug-likeness (QED) is 0.0205. The van der Waals surface area contributed by atoms with Gasteiger partial charge in [0.05, 0.1) is 33.8 Å². The van der Waals surface area contributed by atoms with Gasteiger partial charge in [-0.05, 0) is 102 Å². The van der Waals surface area contributed by atoms with E-state index < -0.39 is 20.0 Å². The van der Waals surface area contributed by atoms with Crippen molar-refractivity contribution in [3.63, 3.8) is 0 Å². The van der Waals surface area contributed by atoms with Crippen LogP contribution in [0.4, 0.5) is 0 Å². The Hall–Kier alpha value is -3.07. The molecule has 10 heteroatoms. The third-order valence-corrected chi connectivity index (χ3v) is 13.7.